The van der Waals surface area contributed by atoms with Crippen molar-refractivity contribution in [1.82, 2.24) is 9.78 Å². The highest BCUT2D eigenvalue weighted by Crippen LogP contribution is 2.33. The summed E-state index contributed by atoms with van der Waals surface area (Å²) in [7, 11) is -2.47. The Morgan fingerprint density at radius 1 is 1.47 bits per heavy atom. The number of nitrogens with zero attached hydrogens (tertiary/aromatic N) is 2. The summed E-state index contributed by atoms with van der Waals surface area (Å²) in [5, 5.41) is 13.4. The maximum absolute atomic E-state index is 12.2. The number of hydrogen-bond acceptors (Lipinski definition) is 4. The predicted molar refractivity (Wildman–Crippen MR) is 74.8 cm³/mol. The molecule has 0 atom stereocenters. The van der Waals surface area contributed by atoms with Gasteiger partial charge in [-0.15, -0.1) is 0 Å². The smallest absolute Gasteiger partial charge is 0.280 e. The van der Waals surface area contributed by atoms with E-state index in [-0.39, 0.29) is 21.5 Å². The molecule has 0 amide bonds. The average Bonchev–Trinajstić information content (AvgIpc) is 2.65. The molecule has 0 aliphatic rings. The van der Waals surface area contributed by atoms with E-state index in [2.05, 4.69) is 25.8 Å². The number of phenolic OH excluding ortho intramolecular Hbond substituents is 1. The molecule has 0 saturated carbocycles. The molecule has 0 unspecified atom stereocenters. The number of phenols is 1. The fraction of sp³-hybridized carbons (Fsp3) is 0.100. The molecule has 0 aliphatic carbocycles. The van der Waals surface area contributed by atoms with Gasteiger partial charge in [-0.25, -0.2) is 0 Å². The van der Waals surface area contributed by atoms with Gasteiger partial charge in [-0.1, -0.05) is 17.7 Å². The molecule has 0 bridgehead atoms. The topological polar surface area (TPSA) is 84.2 Å². The molecule has 0 spiro atoms. The van der Waals surface area contributed by atoms with Crippen molar-refractivity contribution in [2.24, 2.45) is 7.05 Å². The lowest BCUT2D eigenvalue weighted by molar-refractivity contribution is 0.474. The average molecular weight is 367 g/mol. The molecule has 1 aromatic heterocycles. The molecule has 1 aromatic carbocycles. The number of nitrogens with one attached hydrogen (secondary N) is 1. The van der Waals surface area contributed by atoms with Crippen molar-refractivity contribution >= 4 is 43.2 Å². The molecule has 0 saturated heterocycles. The maximum atomic E-state index is 12.2. The van der Waals surface area contributed by atoms with Crippen LogP contribution in [0.5, 0.6) is 5.75 Å². The van der Waals surface area contributed by atoms with Crippen molar-refractivity contribution in [3.05, 3.63) is 33.9 Å². The number of sulfonamides is 1. The van der Waals surface area contributed by atoms with E-state index in [1.165, 1.54) is 19.3 Å². The van der Waals surface area contributed by atoms with Crippen molar-refractivity contribution < 1.29 is 13.5 Å². The molecule has 19 heavy (non-hydrogen) atoms. The number of benzene rings is 1. The fourth-order valence-corrected chi connectivity index (χ4v) is 3.58. The van der Waals surface area contributed by atoms with E-state index >= 15 is 0 Å². The van der Waals surface area contributed by atoms with Crippen molar-refractivity contribution in [3.63, 3.8) is 0 Å². The van der Waals surface area contributed by atoms with Crippen LogP contribution < -0.4 is 4.72 Å². The quantitative estimate of drug-likeness (QED) is 0.817. The second-order valence-electron chi connectivity index (χ2n) is 3.66. The zero-order chi connectivity index (χ0) is 14.2. The summed E-state index contributed by atoms with van der Waals surface area (Å²) in [4.78, 5) is 0. The highest BCUT2D eigenvalue weighted by molar-refractivity contribution is 9.10. The van der Waals surface area contributed by atoms with Crippen LogP contribution >= 0.6 is 27.5 Å². The minimum atomic E-state index is -3.93. The monoisotopic (exact) mass is 365 g/mol. The molecule has 9 heteroatoms. The van der Waals surface area contributed by atoms with Gasteiger partial charge in [0.2, 0.25) is 0 Å². The number of halogens is 2. The van der Waals surface area contributed by atoms with Gasteiger partial charge in [0.1, 0.15) is 0 Å². The van der Waals surface area contributed by atoms with Crippen molar-refractivity contribution in [1.29, 1.82) is 0 Å². The summed E-state index contributed by atoms with van der Waals surface area (Å²) in [5.74, 6) is -0.204. The first-order valence-electron chi connectivity index (χ1n) is 5.00. The summed E-state index contributed by atoms with van der Waals surface area (Å²) >= 11 is 8.90. The van der Waals surface area contributed by atoms with Crippen LogP contribution in [0.15, 0.2) is 33.9 Å². The van der Waals surface area contributed by atoms with Gasteiger partial charge in [0.25, 0.3) is 10.0 Å². The van der Waals surface area contributed by atoms with E-state index in [0.29, 0.717) is 4.47 Å². The number of hydrogen-bond donors (Lipinski definition) is 2. The number of aromatic hydroxyl groups is 1. The molecule has 1 heterocycles. The molecule has 6 nitrogen and oxygen atoms in total. The summed E-state index contributed by atoms with van der Waals surface area (Å²) < 4.78 is 28.1. The Morgan fingerprint density at radius 2 is 2.16 bits per heavy atom. The van der Waals surface area contributed by atoms with E-state index in [9.17, 15) is 13.5 Å². The highest BCUT2D eigenvalue weighted by Gasteiger charge is 2.24. The van der Waals surface area contributed by atoms with Crippen LogP contribution in [0.2, 0.25) is 5.02 Å². The van der Waals surface area contributed by atoms with Gasteiger partial charge in [-0.05, 0) is 28.1 Å². The number of para-hydroxylation sites is 1. The van der Waals surface area contributed by atoms with Gasteiger partial charge in [-0.2, -0.15) is 13.5 Å². The molecule has 2 N–H and O–H groups in total. The normalized spacial score (nSPS) is 11.5. The summed E-state index contributed by atoms with van der Waals surface area (Å²) in [6.07, 6.45) is 1.23. The van der Waals surface area contributed by atoms with Crippen LogP contribution in [0.25, 0.3) is 0 Å². The lowest BCUT2D eigenvalue weighted by atomic mass is 10.3. The van der Waals surface area contributed by atoms with Gasteiger partial charge in [0, 0.05) is 7.05 Å². The van der Waals surface area contributed by atoms with E-state index < -0.39 is 10.0 Å². The molecular formula is C10H9BrClN3O3S. The van der Waals surface area contributed by atoms with Crippen LogP contribution in [0.4, 0.5) is 5.69 Å². The lowest BCUT2D eigenvalue weighted by Crippen LogP contribution is -2.17. The molecule has 2 aromatic rings. The molecule has 0 fully saturated rings. The number of anilines is 1. The molecular weight excluding hydrogens is 358 g/mol. The fourth-order valence-electron chi connectivity index (χ4n) is 1.49. The standard InChI is InChI=1S/C10H9BrClN3O3S/c1-15-10(7(12)5-13-15)19(17,18)14-8-4-2-3-6(11)9(8)16/h2-5,14,16H,1H3. The SMILES string of the molecule is Cn1ncc(Cl)c1S(=O)(=O)Nc1cccc(Br)c1O. The number of aryl methyl sites for hydroxylation is 1. The van der Waals surface area contributed by atoms with Crippen molar-refractivity contribution in [3.8, 4) is 5.75 Å². The second kappa shape index (κ2) is 5.03. The summed E-state index contributed by atoms with van der Waals surface area (Å²) in [5.41, 5.74) is 0.0478. The minimum absolute atomic E-state index is 0.00415. The molecule has 0 aliphatic heterocycles. The van der Waals surface area contributed by atoms with Gasteiger partial charge in [0.15, 0.2) is 10.8 Å². The molecule has 102 valence electrons. The second-order valence-corrected chi connectivity index (χ2v) is 6.52. The first-order valence-corrected chi connectivity index (χ1v) is 7.66. The third-order valence-electron chi connectivity index (χ3n) is 2.33. The zero-order valence-electron chi connectivity index (χ0n) is 9.63. The van der Waals surface area contributed by atoms with Gasteiger partial charge >= 0.3 is 0 Å². The highest BCUT2D eigenvalue weighted by atomic mass is 79.9. The Kier molecular flexibility index (Phi) is 3.75. The van der Waals surface area contributed by atoms with Crippen LogP contribution in [0.1, 0.15) is 0 Å². The Bertz CT molecular complexity index is 710. The van der Waals surface area contributed by atoms with Crippen LogP contribution in [-0.4, -0.2) is 23.3 Å². The van der Waals surface area contributed by atoms with Crippen molar-refractivity contribution in [2.75, 3.05) is 4.72 Å². The molecule has 0 radical (unpaired) electrons. The van der Waals surface area contributed by atoms with Gasteiger partial charge in [0.05, 0.1) is 21.4 Å². The summed E-state index contributed by atoms with van der Waals surface area (Å²) in [6.45, 7) is 0. The van der Waals surface area contributed by atoms with E-state index in [0.717, 1.165) is 4.68 Å². The van der Waals surface area contributed by atoms with E-state index in [1.54, 1.807) is 12.1 Å². The van der Waals surface area contributed by atoms with Crippen LogP contribution in [0.3, 0.4) is 0 Å². The number of aromatic nitrogens is 2. The number of rotatable bonds is 3. The Labute approximate surface area is 123 Å². The Balaban J connectivity index is 2.46. The van der Waals surface area contributed by atoms with Gasteiger partial charge in [-0.3, -0.25) is 9.40 Å². The minimum Gasteiger partial charge on any atom is -0.505 e. The zero-order valence-corrected chi connectivity index (χ0v) is 12.8. The maximum Gasteiger partial charge on any atom is 0.280 e. The first-order chi connectivity index (χ1) is 8.83. The van der Waals surface area contributed by atoms with Crippen LogP contribution in [0, 0.1) is 0 Å². The molecule has 2 rings (SSSR count). The van der Waals surface area contributed by atoms with E-state index in [1.807, 2.05) is 0 Å². The summed E-state index contributed by atoms with van der Waals surface area (Å²) in [6, 6.07) is 4.61. The van der Waals surface area contributed by atoms with Gasteiger partial charge < -0.3 is 5.11 Å². The Hall–Kier alpha value is -1.25. The third-order valence-corrected chi connectivity index (χ3v) is 4.84. The predicted octanol–water partition coefficient (Wildman–Crippen LogP) is 2.34. The van der Waals surface area contributed by atoms with Crippen molar-refractivity contribution in [2.45, 2.75) is 5.03 Å². The lowest BCUT2D eigenvalue weighted by Gasteiger charge is -2.10. The Morgan fingerprint density at radius 3 is 2.74 bits per heavy atom. The first kappa shape index (κ1) is 14.2. The van der Waals surface area contributed by atoms with E-state index in [4.69, 9.17) is 11.6 Å². The van der Waals surface area contributed by atoms with Crippen LogP contribution in [-0.2, 0) is 17.1 Å². The largest absolute Gasteiger partial charge is 0.505 e. The third kappa shape index (κ3) is 2.70.